The third-order valence-corrected chi connectivity index (χ3v) is 11.4. The van der Waals surface area contributed by atoms with Gasteiger partial charge in [0.2, 0.25) is 0 Å². The number of aliphatic hydroxyl groups is 5. The van der Waals surface area contributed by atoms with Crippen LogP contribution in [0.3, 0.4) is 0 Å². The third-order valence-electron chi connectivity index (χ3n) is 11.4. The first-order valence-corrected chi connectivity index (χ1v) is 18.4. The van der Waals surface area contributed by atoms with Gasteiger partial charge in [-0.25, -0.2) is 9.78 Å². The van der Waals surface area contributed by atoms with Gasteiger partial charge in [0.1, 0.15) is 29.8 Å². The smallest absolute Gasteiger partial charge is 0.336 e. The molecule has 4 aliphatic carbocycles. The zero-order chi connectivity index (χ0) is 37.9. The molecule has 0 spiro atoms. The predicted octanol–water partition coefficient (Wildman–Crippen LogP) is 4.05. The summed E-state index contributed by atoms with van der Waals surface area (Å²) in [6.45, 7) is 7.46. The molecule has 12 heteroatoms. The number of benzene rings is 2. The zero-order valence-corrected chi connectivity index (χ0v) is 30.9. The summed E-state index contributed by atoms with van der Waals surface area (Å²) in [5.41, 5.74) is 7.49. The molecule has 0 radical (unpaired) electrons. The number of carbonyl (C=O) groups excluding carboxylic acids is 1. The molecule has 4 saturated carbocycles. The Kier molecular flexibility index (Phi) is 12.6. The number of likely N-dealkylation sites (N-methyl/N-ethyl adjacent to an activating group) is 1. The molecule has 3 aromatic rings. The Hall–Kier alpha value is -3.65. The molecule has 0 saturated heterocycles. The second-order valence-electron chi connectivity index (χ2n) is 15.7. The summed E-state index contributed by atoms with van der Waals surface area (Å²) >= 11 is 0. The SMILES string of the molecule is CNC[C@H](O)[C@@H](O)[C@H](O)[C@H](O)CO.Cc1cc(C)c(-c2nc(C(=O)Nc3ccc(C)c(C(=O)O)c3)c(CCC34CC5CC(CC(C5)C3)C4)[nH]2)c(C)c1. The van der Waals surface area contributed by atoms with Crippen LogP contribution in [0, 0.1) is 50.9 Å². The van der Waals surface area contributed by atoms with E-state index in [0.717, 1.165) is 58.8 Å². The Morgan fingerprint density at radius 3 is 2.00 bits per heavy atom. The lowest BCUT2D eigenvalue weighted by Gasteiger charge is -2.57. The lowest BCUT2D eigenvalue weighted by molar-refractivity contribution is -0.113. The van der Waals surface area contributed by atoms with Gasteiger partial charge in [-0.15, -0.1) is 0 Å². The third kappa shape index (κ3) is 8.92. The Bertz CT molecular complexity index is 1680. The minimum Gasteiger partial charge on any atom is -0.478 e. The number of carbonyl (C=O) groups is 2. The fraction of sp³-hybridized carbons (Fsp3) is 0.575. The van der Waals surface area contributed by atoms with Crippen molar-refractivity contribution in [2.75, 3.05) is 25.5 Å². The number of hydrogen-bond donors (Lipinski definition) is 9. The molecular formula is C40H56N4O8. The molecular weight excluding hydrogens is 664 g/mol. The minimum atomic E-state index is -1.55. The van der Waals surface area contributed by atoms with E-state index < -0.39 is 37.0 Å². The van der Waals surface area contributed by atoms with Gasteiger partial charge >= 0.3 is 5.97 Å². The summed E-state index contributed by atoms with van der Waals surface area (Å²) in [4.78, 5) is 33.8. The Morgan fingerprint density at radius 2 is 1.46 bits per heavy atom. The number of aromatic carboxylic acids is 1. The summed E-state index contributed by atoms with van der Waals surface area (Å²) in [6.07, 6.45) is 4.48. The Balaban J connectivity index is 0.000000345. The molecule has 9 N–H and O–H groups in total. The van der Waals surface area contributed by atoms with Crippen molar-refractivity contribution in [3.05, 3.63) is 69.5 Å². The van der Waals surface area contributed by atoms with Crippen molar-refractivity contribution < 1.29 is 40.2 Å². The topological polar surface area (TPSA) is 208 Å². The van der Waals surface area contributed by atoms with E-state index in [0.29, 0.717) is 22.4 Å². The van der Waals surface area contributed by atoms with Gasteiger partial charge in [0, 0.05) is 23.5 Å². The van der Waals surface area contributed by atoms with Crippen LogP contribution < -0.4 is 10.6 Å². The first kappa shape index (κ1) is 39.6. The van der Waals surface area contributed by atoms with Crippen LogP contribution in [-0.4, -0.2) is 97.1 Å². The number of amides is 1. The van der Waals surface area contributed by atoms with Crippen molar-refractivity contribution in [3.8, 4) is 11.4 Å². The maximum absolute atomic E-state index is 13.7. The molecule has 0 aliphatic heterocycles. The van der Waals surface area contributed by atoms with Crippen LogP contribution in [-0.2, 0) is 6.42 Å². The maximum Gasteiger partial charge on any atom is 0.336 e. The highest BCUT2D eigenvalue weighted by molar-refractivity contribution is 6.05. The molecule has 1 aromatic heterocycles. The minimum absolute atomic E-state index is 0.0936. The van der Waals surface area contributed by atoms with Gasteiger partial charge < -0.3 is 46.3 Å². The average Bonchev–Trinajstić information content (AvgIpc) is 3.50. The molecule has 4 bridgehead atoms. The van der Waals surface area contributed by atoms with Gasteiger partial charge in [-0.05, 0) is 138 Å². The second kappa shape index (κ2) is 16.6. The lowest BCUT2D eigenvalue weighted by Crippen LogP contribution is -2.48. The normalized spacial score (nSPS) is 24.1. The van der Waals surface area contributed by atoms with Crippen LogP contribution in [0.25, 0.3) is 11.4 Å². The molecule has 284 valence electrons. The van der Waals surface area contributed by atoms with Gasteiger partial charge in [-0.3, -0.25) is 4.79 Å². The molecule has 1 heterocycles. The number of anilines is 1. The van der Waals surface area contributed by atoms with Crippen molar-refractivity contribution in [2.24, 2.45) is 23.2 Å². The molecule has 1 amide bonds. The summed E-state index contributed by atoms with van der Waals surface area (Å²) in [5.74, 6) is 2.08. The molecule has 4 aliphatic rings. The fourth-order valence-corrected chi connectivity index (χ4v) is 9.45. The number of nitrogens with one attached hydrogen (secondary N) is 3. The van der Waals surface area contributed by atoms with E-state index in [1.807, 2.05) is 0 Å². The molecule has 52 heavy (non-hydrogen) atoms. The van der Waals surface area contributed by atoms with Crippen LogP contribution >= 0.6 is 0 Å². The van der Waals surface area contributed by atoms with Crippen LogP contribution in [0.1, 0.15) is 93.7 Å². The highest BCUT2D eigenvalue weighted by atomic mass is 16.4. The lowest BCUT2D eigenvalue weighted by atomic mass is 9.48. The van der Waals surface area contributed by atoms with Crippen LogP contribution in [0.2, 0.25) is 0 Å². The Morgan fingerprint density at radius 1 is 0.885 bits per heavy atom. The van der Waals surface area contributed by atoms with Crippen molar-refractivity contribution in [1.82, 2.24) is 15.3 Å². The summed E-state index contributed by atoms with van der Waals surface area (Å²) in [6, 6.07) is 9.30. The number of carboxylic acids is 1. The molecule has 12 nitrogen and oxygen atoms in total. The molecule has 4 fully saturated rings. The molecule has 0 unspecified atom stereocenters. The van der Waals surface area contributed by atoms with Gasteiger partial charge in [0.15, 0.2) is 0 Å². The summed E-state index contributed by atoms with van der Waals surface area (Å²) in [5, 5.41) is 60.0. The van der Waals surface area contributed by atoms with Crippen molar-refractivity contribution in [2.45, 2.75) is 103 Å². The van der Waals surface area contributed by atoms with Gasteiger partial charge in [0.05, 0.1) is 18.3 Å². The largest absolute Gasteiger partial charge is 0.478 e. The number of aliphatic hydroxyl groups excluding tert-OH is 5. The first-order chi connectivity index (χ1) is 24.6. The summed E-state index contributed by atoms with van der Waals surface area (Å²) < 4.78 is 0. The maximum atomic E-state index is 13.7. The highest BCUT2D eigenvalue weighted by Crippen LogP contribution is 2.61. The van der Waals surface area contributed by atoms with Gasteiger partial charge in [-0.2, -0.15) is 0 Å². The number of imidazole rings is 1. The number of rotatable bonds is 13. The number of nitrogens with zero attached hydrogens (tertiary/aromatic N) is 1. The van der Waals surface area contributed by atoms with E-state index in [-0.39, 0.29) is 18.0 Å². The molecule has 7 rings (SSSR count). The van der Waals surface area contributed by atoms with E-state index >= 15 is 0 Å². The number of aromatic nitrogens is 2. The van der Waals surface area contributed by atoms with E-state index in [1.165, 1.54) is 50.2 Å². The number of H-pyrrole nitrogens is 1. The standard InChI is InChI=1S/C33H39N3O3.C7H17NO5/c1-18-9-20(3)28(21(4)10-18)30-35-27(7-8-33-15-22-11-23(16-33)13-24(12-22)17-33)29(36-30)31(37)34-25-6-5-19(2)26(14-25)32(38)39;1-8-2-4(10)6(12)7(13)5(11)3-9/h5-6,9-10,14,22-24H,7-8,11-13,15-17H2,1-4H3,(H,34,37)(H,35,36)(H,38,39);4-13H,2-3H2,1H3/t;4-,5+,6+,7+/m.0/s1. The second-order valence-corrected chi connectivity index (χ2v) is 15.7. The average molecular weight is 721 g/mol. The first-order valence-electron chi connectivity index (χ1n) is 18.4. The fourth-order valence-electron chi connectivity index (χ4n) is 9.45. The van der Waals surface area contributed by atoms with Gasteiger partial charge in [-0.1, -0.05) is 23.8 Å². The van der Waals surface area contributed by atoms with E-state index in [2.05, 4.69) is 48.5 Å². The summed E-state index contributed by atoms with van der Waals surface area (Å²) in [7, 11) is 1.57. The highest BCUT2D eigenvalue weighted by Gasteiger charge is 2.50. The quantitative estimate of drug-likeness (QED) is 0.124. The molecule has 2 aromatic carbocycles. The van der Waals surface area contributed by atoms with Crippen LogP contribution in [0.15, 0.2) is 30.3 Å². The van der Waals surface area contributed by atoms with Gasteiger partial charge in [0.25, 0.3) is 5.91 Å². The van der Waals surface area contributed by atoms with E-state index in [4.69, 9.17) is 25.4 Å². The van der Waals surface area contributed by atoms with Crippen molar-refractivity contribution in [1.29, 1.82) is 0 Å². The van der Waals surface area contributed by atoms with Crippen molar-refractivity contribution in [3.63, 3.8) is 0 Å². The van der Waals surface area contributed by atoms with Crippen LogP contribution in [0.5, 0.6) is 0 Å². The zero-order valence-electron chi connectivity index (χ0n) is 30.9. The van der Waals surface area contributed by atoms with E-state index in [1.54, 1.807) is 26.1 Å². The van der Waals surface area contributed by atoms with Crippen molar-refractivity contribution >= 4 is 17.6 Å². The predicted molar refractivity (Wildman–Crippen MR) is 198 cm³/mol. The number of carboxylic acid groups (broad SMARTS) is 1. The van der Waals surface area contributed by atoms with E-state index in [9.17, 15) is 19.8 Å². The number of aryl methyl sites for hydroxylation is 5. The monoisotopic (exact) mass is 720 g/mol. The molecule has 4 atom stereocenters. The number of aromatic amines is 1. The number of hydrogen-bond acceptors (Lipinski definition) is 9. The van der Waals surface area contributed by atoms with Crippen LogP contribution in [0.4, 0.5) is 5.69 Å². The Labute approximate surface area is 305 Å².